The Kier molecular flexibility index (Phi) is 8.97. The molecule has 0 spiro atoms. The average molecular weight is 539 g/mol. The predicted octanol–water partition coefficient (Wildman–Crippen LogP) is 6.61. The van der Waals surface area contributed by atoms with Crippen LogP contribution < -0.4 is 5.32 Å². The Bertz CT molecular complexity index is 1410. The number of hydrogen-bond acceptors (Lipinski definition) is 2. The number of benzene rings is 3. The highest BCUT2D eigenvalue weighted by molar-refractivity contribution is 6.31. The largest absolute Gasteiger partial charge is 0.361 e. The SMILES string of the molecule is CCCN(CC(=O)N(CCc1c[nH]c2ccccc12)Cc1ccc(F)cc1)C(=O)Nc1ccc(F)c(Cl)c1. The molecule has 4 aromatic rings. The Balaban J connectivity index is 1.50. The van der Waals surface area contributed by atoms with Crippen LogP contribution in [0.1, 0.15) is 24.5 Å². The monoisotopic (exact) mass is 538 g/mol. The van der Waals surface area contributed by atoms with Crippen molar-refractivity contribution in [3.05, 3.63) is 101 Å². The number of H-pyrrole nitrogens is 1. The Hall–Kier alpha value is -3.91. The summed E-state index contributed by atoms with van der Waals surface area (Å²) in [5, 5.41) is 3.67. The lowest BCUT2D eigenvalue weighted by molar-refractivity contribution is -0.132. The predicted molar refractivity (Wildman–Crippen MR) is 146 cm³/mol. The van der Waals surface area contributed by atoms with Gasteiger partial charge in [0.2, 0.25) is 5.91 Å². The standard InChI is InChI=1S/C29H29ClF2N4O2/c1-2-14-36(29(38)34-23-11-12-26(32)25(30)16-23)19-28(37)35(18-20-7-9-22(31)10-8-20)15-13-21-17-33-27-6-4-3-5-24(21)27/h3-12,16-17,33H,2,13-15,18-19H2,1H3,(H,34,38). The van der Waals surface area contributed by atoms with Crippen LogP contribution in [-0.2, 0) is 17.8 Å². The molecule has 4 rings (SSSR count). The van der Waals surface area contributed by atoms with Crippen LogP contribution in [0.2, 0.25) is 5.02 Å². The van der Waals surface area contributed by atoms with Crippen LogP contribution in [0, 0.1) is 11.6 Å². The topological polar surface area (TPSA) is 68.4 Å². The molecule has 9 heteroatoms. The number of aromatic amines is 1. The second kappa shape index (κ2) is 12.6. The zero-order valence-corrected chi connectivity index (χ0v) is 21.8. The number of carbonyl (C=O) groups excluding carboxylic acids is 2. The molecule has 3 aromatic carbocycles. The van der Waals surface area contributed by atoms with Crippen molar-refractivity contribution in [1.82, 2.24) is 14.8 Å². The van der Waals surface area contributed by atoms with E-state index in [1.54, 1.807) is 17.0 Å². The van der Waals surface area contributed by atoms with Gasteiger partial charge in [-0.3, -0.25) is 4.79 Å². The molecular weight excluding hydrogens is 510 g/mol. The summed E-state index contributed by atoms with van der Waals surface area (Å²) < 4.78 is 27.0. The first-order chi connectivity index (χ1) is 18.3. The third-order valence-corrected chi connectivity index (χ3v) is 6.53. The van der Waals surface area contributed by atoms with Gasteiger partial charge in [0.25, 0.3) is 0 Å². The van der Waals surface area contributed by atoms with Crippen LogP contribution in [0.25, 0.3) is 10.9 Å². The average Bonchev–Trinajstić information content (AvgIpc) is 3.32. The normalized spacial score (nSPS) is 10.9. The van der Waals surface area contributed by atoms with E-state index in [4.69, 9.17) is 11.6 Å². The maximum atomic E-state index is 13.5. The quantitative estimate of drug-likeness (QED) is 0.238. The molecule has 6 nitrogen and oxygen atoms in total. The molecule has 3 amide bonds. The van der Waals surface area contributed by atoms with Crippen molar-refractivity contribution >= 4 is 40.1 Å². The summed E-state index contributed by atoms with van der Waals surface area (Å²) in [7, 11) is 0. The van der Waals surface area contributed by atoms with Crippen LogP contribution in [0.4, 0.5) is 19.3 Å². The van der Waals surface area contributed by atoms with Gasteiger partial charge in [-0.25, -0.2) is 13.6 Å². The van der Waals surface area contributed by atoms with Crippen LogP contribution in [-0.4, -0.2) is 46.4 Å². The molecular formula is C29H29ClF2N4O2. The highest BCUT2D eigenvalue weighted by atomic mass is 35.5. The van der Waals surface area contributed by atoms with E-state index in [0.29, 0.717) is 31.6 Å². The number of hydrogen-bond donors (Lipinski definition) is 2. The summed E-state index contributed by atoms with van der Waals surface area (Å²) in [5.41, 5.74) is 3.21. The molecule has 198 valence electrons. The summed E-state index contributed by atoms with van der Waals surface area (Å²) in [6, 6.07) is 17.4. The first-order valence-corrected chi connectivity index (χ1v) is 12.8. The molecule has 38 heavy (non-hydrogen) atoms. The molecule has 0 fully saturated rings. The fraction of sp³-hybridized carbons (Fsp3) is 0.241. The van der Waals surface area contributed by atoms with Crippen molar-refractivity contribution in [1.29, 1.82) is 0 Å². The molecule has 0 aliphatic carbocycles. The lowest BCUT2D eigenvalue weighted by atomic mass is 10.1. The van der Waals surface area contributed by atoms with E-state index in [1.807, 2.05) is 37.4 Å². The Labute approximate surface area is 225 Å². The van der Waals surface area contributed by atoms with Crippen molar-refractivity contribution in [3.63, 3.8) is 0 Å². The first-order valence-electron chi connectivity index (χ1n) is 12.4. The van der Waals surface area contributed by atoms with E-state index in [-0.39, 0.29) is 29.8 Å². The van der Waals surface area contributed by atoms with Crippen molar-refractivity contribution < 1.29 is 18.4 Å². The highest BCUT2D eigenvalue weighted by Gasteiger charge is 2.22. The summed E-state index contributed by atoms with van der Waals surface area (Å²) in [6.45, 7) is 2.79. The number of halogens is 3. The molecule has 1 aromatic heterocycles. The molecule has 1 heterocycles. The summed E-state index contributed by atoms with van der Waals surface area (Å²) in [6.07, 6.45) is 3.18. The minimum absolute atomic E-state index is 0.108. The molecule has 0 aliphatic heterocycles. The fourth-order valence-corrected chi connectivity index (χ4v) is 4.44. The number of nitrogens with zero attached hydrogens (tertiary/aromatic N) is 2. The van der Waals surface area contributed by atoms with Gasteiger partial charge in [-0.05, 0) is 60.4 Å². The van der Waals surface area contributed by atoms with E-state index in [9.17, 15) is 18.4 Å². The van der Waals surface area contributed by atoms with E-state index in [0.717, 1.165) is 22.0 Å². The third kappa shape index (κ3) is 6.89. The number of aromatic nitrogens is 1. The van der Waals surface area contributed by atoms with Crippen LogP contribution in [0.5, 0.6) is 0 Å². The van der Waals surface area contributed by atoms with Crippen molar-refractivity contribution in [2.75, 3.05) is 25.0 Å². The summed E-state index contributed by atoms with van der Waals surface area (Å²) in [4.78, 5) is 32.9. The Morgan fingerprint density at radius 3 is 2.47 bits per heavy atom. The Morgan fingerprint density at radius 2 is 1.74 bits per heavy atom. The first kappa shape index (κ1) is 27.1. The van der Waals surface area contributed by atoms with Gasteiger partial charge in [-0.15, -0.1) is 0 Å². The van der Waals surface area contributed by atoms with Crippen LogP contribution >= 0.6 is 11.6 Å². The molecule has 0 saturated heterocycles. The summed E-state index contributed by atoms with van der Waals surface area (Å²) >= 11 is 5.84. The maximum absolute atomic E-state index is 13.5. The number of nitrogens with one attached hydrogen (secondary N) is 2. The molecule has 0 atom stereocenters. The van der Waals surface area contributed by atoms with Gasteiger partial charge in [-0.2, -0.15) is 0 Å². The van der Waals surface area contributed by atoms with Gasteiger partial charge in [0.15, 0.2) is 0 Å². The third-order valence-electron chi connectivity index (χ3n) is 6.24. The maximum Gasteiger partial charge on any atom is 0.322 e. The molecule has 0 bridgehead atoms. The van der Waals surface area contributed by atoms with Gasteiger partial charge < -0.3 is 20.1 Å². The molecule has 0 unspecified atom stereocenters. The highest BCUT2D eigenvalue weighted by Crippen LogP contribution is 2.21. The molecule has 0 radical (unpaired) electrons. The van der Waals surface area contributed by atoms with Gasteiger partial charge in [0, 0.05) is 42.4 Å². The Morgan fingerprint density at radius 1 is 0.974 bits per heavy atom. The van der Waals surface area contributed by atoms with Crippen LogP contribution in [0.15, 0.2) is 72.9 Å². The van der Waals surface area contributed by atoms with Gasteiger partial charge in [-0.1, -0.05) is 48.9 Å². The fourth-order valence-electron chi connectivity index (χ4n) is 4.26. The van der Waals surface area contributed by atoms with Crippen molar-refractivity contribution in [2.24, 2.45) is 0 Å². The zero-order valence-electron chi connectivity index (χ0n) is 21.0. The molecule has 2 N–H and O–H groups in total. The van der Waals surface area contributed by atoms with E-state index in [1.165, 1.54) is 35.2 Å². The van der Waals surface area contributed by atoms with Gasteiger partial charge >= 0.3 is 6.03 Å². The lowest BCUT2D eigenvalue weighted by Crippen LogP contribution is -2.45. The lowest BCUT2D eigenvalue weighted by Gasteiger charge is -2.28. The van der Waals surface area contributed by atoms with Crippen LogP contribution in [0.3, 0.4) is 0 Å². The minimum atomic E-state index is -0.586. The van der Waals surface area contributed by atoms with E-state index >= 15 is 0 Å². The summed E-state index contributed by atoms with van der Waals surface area (Å²) in [5.74, 6) is -1.18. The second-order valence-corrected chi connectivity index (χ2v) is 9.44. The molecule has 0 aliphatic rings. The van der Waals surface area contributed by atoms with E-state index < -0.39 is 11.8 Å². The molecule has 0 saturated carbocycles. The second-order valence-electron chi connectivity index (χ2n) is 9.03. The van der Waals surface area contributed by atoms with E-state index in [2.05, 4.69) is 10.3 Å². The van der Waals surface area contributed by atoms with Gasteiger partial charge in [0.1, 0.15) is 18.2 Å². The van der Waals surface area contributed by atoms with Gasteiger partial charge in [0.05, 0.1) is 5.02 Å². The number of urea groups is 1. The number of para-hydroxylation sites is 1. The van der Waals surface area contributed by atoms with Crippen molar-refractivity contribution in [2.45, 2.75) is 26.3 Å². The van der Waals surface area contributed by atoms with Crippen molar-refractivity contribution in [3.8, 4) is 0 Å². The number of carbonyl (C=O) groups is 2. The number of fused-ring (bicyclic) bond motifs is 1. The number of anilines is 1. The minimum Gasteiger partial charge on any atom is -0.361 e. The zero-order chi connectivity index (χ0) is 27.1. The number of rotatable bonds is 10. The number of amides is 3. The smallest absolute Gasteiger partial charge is 0.322 e.